The molecule has 78 valence electrons. The molecule has 5 heteroatoms. The van der Waals surface area contributed by atoms with Crippen molar-refractivity contribution in [3.8, 4) is 5.75 Å². The van der Waals surface area contributed by atoms with Crippen LogP contribution in [0.5, 0.6) is 5.75 Å². The van der Waals surface area contributed by atoms with E-state index < -0.39 is 5.97 Å². The smallest absolute Gasteiger partial charge is 0.357 e. The monoisotopic (exact) mass is 206 g/mol. The second-order valence-corrected chi connectivity index (χ2v) is 3.17. The number of aromatic hydroxyl groups is 1. The first-order valence-electron chi connectivity index (χ1n) is 4.56. The van der Waals surface area contributed by atoms with Crippen LogP contribution in [0.25, 0.3) is 10.9 Å². The first kappa shape index (κ1) is 9.51. The lowest BCUT2D eigenvalue weighted by Gasteiger charge is -1.97. The summed E-state index contributed by atoms with van der Waals surface area (Å²) < 4.78 is 1.55. The van der Waals surface area contributed by atoms with E-state index in [1.165, 1.54) is 12.1 Å². The van der Waals surface area contributed by atoms with Gasteiger partial charge in [0.1, 0.15) is 5.75 Å². The van der Waals surface area contributed by atoms with Crippen molar-refractivity contribution < 1.29 is 15.0 Å². The molecule has 0 amide bonds. The van der Waals surface area contributed by atoms with E-state index in [0.717, 1.165) is 0 Å². The predicted octanol–water partition coefficient (Wildman–Crippen LogP) is 1.46. The summed E-state index contributed by atoms with van der Waals surface area (Å²) in [6.07, 6.45) is 0. The van der Waals surface area contributed by atoms with Gasteiger partial charge in [-0.3, -0.25) is 4.68 Å². The lowest BCUT2D eigenvalue weighted by molar-refractivity contribution is 0.0691. The van der Waals surface area contributed by atoms with E-state index in [9.17, 15) is 9.90 Å². The number of aromatic nitrogens is 2. The molecule has 0 fully saturated rings. The SMILES string of the molecule is CCn1nc(C(=O)O)c2ccc(O)cc21. The first-order valence-corrected chi connectivity index (χ1v) is 4.56. The number of benzene rings is 1. The predicted molar refractivity (Wildman–Crippen MR) is 54.0 cm³/mol. The fraction of sp³-hybridized carbons (Fsp3) is 0.200. The Kier molecular flexibility index (Phi) is 2.07. The maximum atomic E-state index is 10.9. The first-order chi connectivity index (χ1) is 7.13. The molecule has 0 bridgehead atoms. The molecular formula is C10H10N2O3. The van der Waals surface area contributed by atoms with Gasteiger partial charge in [-0.25, -0.2) is 4.79 Å². The van der Waals surface area contributed by atoms with Crippen LogP contribution in [-0.4, -0.2) is 26.0 Å². The van der Waals surface area contributed by atoms with Crippen LogP contribution in [-0.2, 0) is 6.54 Å². The van der Waals surface area contributed by atoms with Gasteiger partial charge < -0.3 is 10.2 Å². The van der Waals surface area contributed by atoms with Crippen LogP contribution in [0.4, 0.5) is 0 Å². The number of nitrogens with zero attached hydrogens (tertiary/aromatic N) is 2. The summed E-state index contributed by atoms with van der Waals surface area (Å²) in [5.41, 5.74) is 0.654. The van der Waals surface area contributed by atoms with E-state index in [1.807, 2.05) is 6.92 Å². The quantitative estimate of drug-likeness (QED) is 0.779. The van der Waals surface area contributed by atoms with Crippen molar-refractivity contribution in [1.82, 2.24) is 9.78 Å². The summed E-state index contributed by atoms with van der Waals surface area (Å²) in [6.45, 7) is 2.43. The minimum Gasteiger partial charge on any atom is -0.508 e. The van der Waals surface area contributed by atoms with E-state index in [2.05, 4.69) is 5.10 Å². The highest BCUT2D eigenvalue weighted by molar-refractivity contribution is 6.01. The Morgan fingerprint density at radius 3 is 2.87 bits per heavy atom. The number of carboxylic acid groups (broad SMARTS) is 1. The highest BCUT2D eigenvalue weighted by Crippen LogP contribution is 2.23. The minimum absolute atomic E-state index is 0.0202. The third-order valence-corrected chi connectivity index (χ3v) is 2.24. The summed E-state index contributed by atoms with van der Waals surface area (Å²) in [6, 6.07) is 4.53. The van der Waals surface area contributed by atoms with Crippen LogP contribution >= 0.6 is 0 Å². The van der Waals surface area contributed by atoms with Crippen molar-refractivity contribution in [2.45, 2.75) is 13.5 Å². The summed E-state index contributed by atoms with van der Waals surface area (Å²) in [5.74, 6) is -0.952. The number of hydrogen-bond donors (Lipinski definition) is 2. The maximum Gasteiger partial charge on any atom is 0.357 e. The summed E-state index contributed by atoms with van der Waals surface area (Å²) >= 11 is 0. The van der Waals surface area contributed by atoms with Crippen LogP contribution < -0.4 is 0 Å². The van der Waals surface area contributed by atoms with Crippen LogP contribution in [0.3, 0.4) is 0 Å². The lowest BCUT2D eigenvalue weighted by atomic mass is 10.2. The van der Waals surface area contributed by atoms with E-state index in [0.29, 0.717) is 17.4 Å². The molecular weight excluding hydrogens is 196 g/mol. The fourth-order valence-electron chi connectivity index (χ4n) is 1.56. The van der Waals surface area contributed by atoms with Gasteiger partial charge in [-0.1, -0.05) is 0 Å². The summed E-state index contributed by atoms with van der Waals surface area (Å²) in [5, 5.41) is 22.7. The third kappa shape index (κ3) is 1.41. The lowest BCUT2D eigenvalue weighted by Crippen LogP contribution is -2.01. The number of hydrogen-bond acceptors (Lipinski definition) is 3. The largest absolute Gasteiger partial charge is 0.508 e. The molecule has 1 heterocycles. The Balaban J connectivity index is 2.81. The molecule has 0 saturated heterocycles. The third-order valence-electron chi connectivity index (χ3n) is 2.24. The second-order valence-electron chi connectivity index (χ2n) is 3.17. The van der Waals surface area contributed by atoms with Crippen LogP contribution in [0.2, 0.25) is 0 Å². The van der Waals surface area contributed by atoms with Gasteiger partial charge in [0, 0.05) is 18.0 Å². The fourth-order valence-corrected chi connectivity index (χ4v) is 1.56. The molecule has 2 rings (SSSR count). The highest BCUT2D eigenvalue weighted by Gasteiger charge is 2.15. The molecule has 0 unspecified atom stereocenters. The van der Waals surface area contributed by atoms with Gasteiger partial charge >= 0.3 is 5.97 Å². The number of phenols is 1. The van der Waals surface area contributed by atoms with Crippen molar-refractivity contribution in [3.63, 3.8) is 0 Å². The molecule has 0 saturated carbocycles. The number of fused-ring (bicyclic) bond motifs is 1. The Labute approximate surface area is 85.6 Å². The van der Waals surface area contributed by atoms with E-state index in [4.69, 9.17) is 5.11 Å². The van der Waals surface area contributed by atoms with Crippen LogP contribution in [0.15, 0.2) is 18.2 Å². The Morgan fingerprint density at radius 1 is 1.53 bits per heavy atom. The van der Waals surface area contributed by atoms with Gasteiger partial charge in [0.15, 0.2) is 5.69 Å². The van der Waals surface area contributed by atoms with Gasteiger partial charge in [0.2, 0.25) is 0 Å². The second kappa shape index (κ2) is 3.27. The van der Waals surface area contributed by atoms with Gasteiger partial charge in [0.05, 0.1) is 5.52 Å². The molecule has 15 heavy (non-hydrogen) atoms. The number of phenolic OH excluding ortho intramolecular Hbond substituents is 1. The van der Waals surface area contributed by atoms with Crippen molar-refractivity contribution in [2.75, 3.05) is 0 Å². The molecule has 0 radical (unpaired) electrons. The highest BCUT2D eigenvalue weighted by atomic mass is 16.4. The van der Waals surface area contributed by atoms with E-state index in [-0.39, 0.29) is 11.4 Å². The van der Waals surface area contributed by atoms with Crippen molar-refractivity contribution in [1.29, 1.82) is 0 Å². The van der Waals surface area contributed by atoms with E-state index in [1.54, 1.807) is 10.7 Å². The van der Waals surface area contributed by atoms with Crippen molar-refractivity contribution >= 4 is 16.9 Å². The van der Waals surface area contributed by atoms with Gasteiger partial charge in [-0.2, -0.15) is 5.10 Å². The van der Waals surface area contributed by atoms with E-state index >= 15 is 0 Å². The van der Waals surface area contributed by atoms with Gasteiger partial charge in [-0.05, 0) is 19.1 Å². The number of aromatic carboxylic acids is 1. The molecule has 0 spiro atoms. The standard InChI is InChI=1S/C10H10N2O3/c1-2-12-8-5-6(13)3-4-7(8)9(11-12)10(14)15/h3-5,13H,2H2,1H3,(H,14,15). The van der Waals surface area contributed by atoms with Crippen LogP contribution in [0, 0.1) is 0 Å². The molecule has 0 atom stereocenters. The molecule has 0 aliphatic heterocycles. The molecule has 0 aliphatic rings. The molecule has 1 aromatic carbocycles. The zero-order chi connectivity index (χ0) is 11.0. The zero-order valence-electron chi connectivity index (χ0n) is 8.14. The summed E-state index contributed by atoms with van der Waals surface area (Å²) in [4.78, 5) is 10.9. The van der Waals surface area contributed by atoms with Crippen LogP contribution in [0.1, 0.15) is 17.4 Å². The Morgan fingerprint density at radius 2 is 2.27 bits per heavy atom. The topological polar surface area (TPSA) is 75.4 Å². The van der Waals surface area contributed by atoms with Crippen molar-refractivity contribution in [2.24, 2.45) is 0 Å². The average molecular weight is 206 g/mol. The molecule has 2 N–H and O–H groups in total. The molecule has 5 nitrogen and oxygen atoms in total. The normalized spacial score (nSPS) is 10.7. The maximum absolute atomic E-state index is 10.9. The number of carboxylic acids is 1. The van der Waals surface area contributed by atoms with Gasteiger partial charge in [-0.15, -0.1) is 0 Å². The Hall–Kier alpha value is -2.04. The molecule has 2 aromatic rings. The zero-order valence-corrected chi connectivity index (χ0v) is 8.14. The number of carbonyl (C=O) groups is 1. The number of aryl methyl sites for hydroxylation is 1. The number of rotatable bonds is 2. The summed E-state index contributed by atoms with van der Waals surface area (Å²) in [7, 11) is 0. The Bertz CT molecular complexity index is 531. The molecule has 0 aliphatic carbocycles. The minimum atomic E-state index is -1.06. The average Bonchev–Trinajstić information content (AvgIpc) is 2.55. The van der Waals surface area contributed by atoms with Gasteiger partial charge in [0.25, 0.3) is 0 Å². The molecule has 1 aromatic heterocycles. The van der Waals surface area contributed by atoms with Crippen molar-refractivity contribution in [3.05, 3.63) is 23.9 Å².